The summed E-state index contributed by atoms with van der Waals surface area (Å²) in [6, 6.07) is 20.8. The number of hydrogen-bond donors (Lipinski definition) is 2. The molecule has 8 heteroatoms. The molecule has 1 saturated heterocycles. The Bertz CT molecular complexity index is 1480. The van der Waals surface area contributed by atoms with Crippen LogP contribution in [0.15, 0.2) is 72.9 Å². The van der Waals surface area contributed by atoms with Crippen LogP contribution in [0.2, 0.25) is 5.02 Å². The van der Waals surface area contributed by atoms with Gasteiger partial charge in [-0.3, -0.25) is 9.88 Å². The maximum Gasteiger partial charge on any atom is 0.203 e. The summed E-state index contributed by atoms with van der Waals surface area (Å²) in [5.74, 6) is 0.704. The number of anilines is 3. The topological polar surface area (TPSA) is 60.1 Å². The maximum absolute atomic E-state index is 14.7. The van der Waals surface area contributed by atoms with Gasteiger partial charge in [0.2, 0.25) is 5.95 Å². The monoisotopic (exact) mass is 486 g/mol. The fraction of sp³-hybridized carbons (Fsp3) is 0.185. The summed E-state index contributed by atoms with van der Waals surface area (Å²) in [6.45, 7) is 3.91. The van der Waals surface area contributed by atoms with Crippen molar-refractivity contribution in [2.75, 3.05) is 36.4 Å². The van der Waals surface area contributed by atoms with Crippen molar-refractivity contribution < 1.29 is 4.39 Å². The standard InChI is InChI=1S/C27H24ClFN6/c28-19-5-7-21-23(9-10-30-26(21)16-19)31-20-6-8-22(29)18(15-20)17-34-11-13-35(14-12-34)27-32-24-3-1-2-4-25(24)33-27/h1-10,15-16H,11-14,17H2,(H,30,31)(H,32,33). The van der Waals surface area contributed by atoms with E-state index in [0.717, 1.165) is 65.4 Å². The number of benzene rings is 3. The summed E-state index contributed by atoms with van der Waals surface area (Å²) in [7, 11) is 0. The van der Waals surface area contributed by atoms with E-state index < -0.39 is 0 Å². The van der Waals surface area contributed by atoms with Crippen LogP contribution in [0.1, 0.15) is 5.56 Å². The van der Waals surface area contributed by atoms with Gasteiger partial charge >= 0.3 is 0 Å². The van der Waals surface area contributed by atoms with E-state index in [1.165, 1.54) is 6.07 Å². The first-order valence-electron chi connectivity index (χ1n) is 11.6. The van der Waals surface area contributed by atoms with E-state index in [1.807, 2.05) is 54.6 Å². The molecule has 0 aliphatic carbocycles. The molecule has 0 amide bonds. The molecule has 6 nitrogen and oxygen atoms in total. The molecule has 6 rings (SSSR count). The average molecular weight is 487 g/mol. The summed E-state index contributed by atoms with van der Waals surface area (Å²) in [6.07, 6.45) is 1.74. The molecule has 3 aromatic carbocycles. The SMILES string of the molecule is Fc1ccc(Nc2ccnc3cc(Cl)ccc23)cc1CN1CCN(c2nc3ccccc3[nH]2)CC1. The highest BCUT2D eigenvalue weighted by molar-refractivity contribution is 6.31. The molecule has 0 atom stereocenters. The molecule has 0 saturated carbocycles. The van der Waals surface area contributed by atoms with Crippen molar-refractivity contribution in [2.24, 2.45) is 0 Å². The molecule has 0 bridgehead atoms. The molecular formula is C27H24ClFN6. The van der Waals surface area contributed by atoms with Gasteiger partial charge in [0, 0.05) is 66.3 Å². The van der Waals surface area contributed by atoms with Gasteiger partial charge in [0.15, 0.2) is 0 Å². The van der Waals surface area contributed by atoms with E-state index in [-0.39, 0.29) is 5.82 Å². The van der Waals surface area contributed by atoms with Crippen LogP contribution in [0.25, 0.3) is 21.9 Å². The molecule has 0 spiro atoms. The lowest BCUT2D eigenvalue weighted by atomic mass is 10.1. The molecule has 1 aliphatic heterocycles. The van der Waals surface area contributed by atoms with Gasteiger partial charge < -0.3 is 15.2 Å². The highest BCUT2D eigenvalue weighted by Gasteiger charge is 2.20. The van der Waals surface area contributed by atoms with Gasteiger partial charge in [-0.15, -0.1) is 0 Å². The van der Waals surface area contributed by atoms with Crippen molar-refractivity contribution in [3.63, 3.8) is 0 Å². The average Bonchev–Trinajstić information content (AvgIpc) is 3.31. The minimum Gasteiger partial charge on any atom is -0.355 e. The number of aromatic nitrogens is 3. The van der Waals surface area contributed by atoms with E-state index in [4.69, 9.17) is 16.6 Å². The van der Waals surface area contributed by atoms with Gasteiger partial charge in [0.05, 0.1) is 16.6 Å². The zero-order valence-electron chi connectivity index (χ0n) is 19.0. The molecule has 176 valence electrons. The van der Waals surface area contributed by atoms with Gasteiger partial charge in [-0.25, -0.2) is 9.37 Å². The number of imidazole rings is 1. The van der Waals surface area contributed by atoms with E-state index >= 15 is 0 Å². The second-order valence-electron chi connectivity index (χ2n) is 8.79. The number of nitrogens with one attached hydrogen (secondary N) is 2. The lowest BCUT2D eigenvalue weighted by Gasteiger charge is -2.34. The van der Waals surface area contributed by atoms with Crippen LogP contribution in [-0.4, -0.2) is 46.0 Å². The van der Waals surface area contributed by atoms with Crippen molar-refractivity contribution in [2.45, 2.75) is 6.54 Å². The zero-order chi connectivity index (χ0) is 23.8. The molecule has 2 N–H and O–H groups in total. The van der Waals surface area contributed by atoms with Crippen LogP contribution in [0, 0.1) is 5.82 Å². The Balaban J connectivity index is 1.14. The Morgan fingerprint density at radius 2 is 1.80 bits per heavy atom. The number of nitrogens with zero attached hydrogens (tertiary/aromatic N) is 4. The molecule has 5 aromatic rings. The largest absolute Gasteiger partial charge is 0.355 e. The number of piperazine rings is 1. The van der Waals surface area contributed by atoms with Crippen molar-refractivity contribution in [1.82, 2.24) is 19.9 Å². The third-order valence-electron chi connectivity index (χ3n) is 6.47. The lowest BCUT2D eigenvalue weighted by Crippen LogP contribution is -2.46. The van der Waals surface area contributed by atoms with Crippen LogP contribution >= 0.6 is 11.6 Å². The second-order valence-corrected chi connectivity index (χ2v) is 9.23. The molecular weight excluding hydrogens is 463 g/mol. The summed E-state index contributed by atoms with van der Waals surface area (Å²) in [5.41, 5.74) is 5.25. The lowest BCUT2D eigenvalue weighted by molar-refractivity contribution is 0.245. The van der Waals surface area contributed by atoms with Gasteiger partial charge in [0.25, 0.3) is 0 Å². The predicted octanol–water partition coefficient (Wildman–Crippen LogP) is 5.97. The third kappa shape index (κ3) is 4.52. The zero-order valence-corrected chi connectivity index (χ0v) is 19.8. The quantitative estimate of drug-likeness (QED) is 0.320. The number of halogens is 2. The van der Waals surface area contributed by atoms with Crippen LogP contribution < -0.4 is 10.2 Å². The number of hydrogen-bond acceptors (Lipinski definition) is 5. The smallest absolute Gasteiger partial charge is 0.203 e. The Kier molecular flexibility index (Phi) is 5.72. The van der Waals surface area contributed by atoms with E-state index in [9.17, 15) is 4.39 Å². The Hall–Kier alpha value is -3.68. The van der Waals surface area contributed by atoms with Gasteiger partial charge in [-0.05, 0) is 54.6 Å². The Morgan fingerprint density at radius 1 is 0.943 bits per heavy atom. The highest BCUT2D eigenvalue weighted by atomic mass is 35.5. The maximum atomic E-state index is 14.7. The molecule has 0 radical (unpaired) electrons. The van der Waals surface area contributed by atoms with Crippen LogP contribution in [0.5, 0.6) is 0 Å². The number of para-hydroxylation sites is 2. The van der Waals surface area contributed by atoms with Crippen LogP contribution in [-0.2, 0) is 6.54 Å². The first-order chi connectivity index (χ1) is 17.1. The highest BCUT2D eigenvalue weighted by Crippen LogP contribution is 2.28. The number of aromatic amines is 1. The van der Waals surface area contributed by atoms with Crippen LogP contribution in [0.3, 0.4) is 0 Å². The van der Waals surface area contributed by atoms with E-state index in [0.29, 0.717) is 17.1 Å². The van der Waals surface area contributed by atoms with Gasteiger partial charge in [-0.1, -0.05) is 23.7 Å². The fourth-order valence-electron chi connectivity index (χ4n) is 4.61. The molecule has 1 fully saturated rings. The summed E-state index contributed by atoms with van der Waals surface area (Å²) in [5, 5.41) is 5.03. The van der Waals surface area contributed by atoms with Crippen molar-refractivity contribution >= 4 is 50.9 Å². The first kappa shape index (κ1) is 21.8. The molecule has 1 aliphatic rings. The Morgan fingerprint density at radius 3 is 2.66 bits per heavy atom. The summed E-state index contributed by atoms with van der Waals surface area (Å²) < 4.78 is 14.7. The molecule has 35 heavy (non-hydrogen) atoms. The summed E-state index contributed by atoms with van der Waals surface area (Å²) >= 11 is 6.11. The van der Waals surface area contributed by atoms with Gasteiger partial charge in [0.1, 0.15) is 5.82 Å². The van der Waals surface area contributed by atoms with Gasteiger partial charge in [-0.2, -0.15) is 0 Å². The van der Waals surface area contributed by atoms with E-state index in [1.54, 1.807) is 12.3 Å². The molecule has 0 unspecified atom stereocenters. The molecule has 3 heterocycles. The molecule has 2 aromatic heterocycles. The predicted molar refractivity (Wildman–Crippen MR) is 140 cm³/mol. The fourth-order valence-corrected chi connectivity index (χ4v) is 4.77. The second kappa shape index (κ2) is 9.17. The number of pyridine rings is 1. The minimum atomic E-state index is -0.193. The number of fused-ring (bicyclic) bond motifs is 2. The minimum absolute atomic E-state index is 0.193. The first-order valence-corrected chi connectivity index (χ1v) is 12.0. The van der Waals surface area contributed by atoms with Crippen molar-refractivity contribution in [3.8, 4) is 0 Å². The van der Waals surface area contributed by atoms with Crippen molar-refractivity contribution in [3.05, 3.63) is 89.3 Å². The number of rotatable bonds is 5. The van der Waals surface area contributed by atoms with E-state index in [2.05, 4.69) is 25.1 Å². The van der Waals surface area contributed by atoms with Crippen LogP contribution in [0.4, 0.5) is 21.7 Å². The third-order valence-corrected chi connectivity index (χ3v) is 6.71. The number of H-pyrrole nitrogens is 1. The van der Waals surface area contributed by atoms with Crippen molar-refractivity contribution in [1.29, 1.82) is 0 Å². The normalized spacial score (nSPS) is 14.6. The summed E-state index contributed by atoms with van der Waals surface area (Å²) in [4.78, 5) is 17.0. The Labute approximate surface area is 207 Å².